The number of benzene rings is 3. The molecular weight excluding hydrogens is 481 g/mol. The summed E-state index contributed by atoms with van der Waals surface area (Å²) in [5, 5.41) is 0.807. The number of carbonyl (C=O) groups is 2. The van der Waals surface area contributed by atoms with Gasteiger partial charge in [0, 0.05) is 10.6 Å². The van der Waals surface area contributed by atoms with Crippen LogP contribution in [-0.4, -0.2) is 29.2 Å². The minimum absolute atomic E-state index is 0.141. The van der Waals surface area contributed by atoms with Crippen LogP contribution in [0.1, 0.15) is 11.1 Å². The Balaban J connectivity index is 1.34. The number of hydrogen-bond donors (Lipinski definition) is 0. The van der Waals surface area contributed by atoms with Gasteiger partial charge < -0.3 is 9.47 Å². The second kappa shape index (κ2) is 10.8. The van der Waals surface area contributed by atoms with E-state index in [0.29, 0.717) is 33.1 Å². The highest BCUT2D eigenvalue weighted by Crippen LogP contribution is 2.32. The molecule has 0 atom stereocenters. The smallest absolute Gasteiger partial charge is 0.293 e. The molecule has 3 aromatic rings. The van der Waals surface area contributed by atoms with Crippen LogP contribution >= 0.6 is 35.0 Å². The van der Waals surface area contributed by atoms with Crippen molar-refractivity contribution in [2.24, 2.45) is 0 Å². The summed E-state index contributed by atoms with van der Waals surface area (Å²) in [4.78, 5) is 26.5. The predicted molar refractivity (Wildman–Crippen MR) is 132 cm³/mol. The number of nitrogens with zero attached hydrogens (tertiary/aromatic N) is 1. The number of ether oxygens (including phenoxy) is 2. The molecule has 1 heterocycles. The van der Waals surface area contributed by atoms with Crippen molar-refractivity contribution in [3.8, 4) is 11.5 Å². The molecule has 2 amide bonds. The Labute approximate surface area is 205 Å². The maximum Gasteiger partial charge on any atom is 0.293 e. The fourth-order valence-corrected chi connectivity index (χ4v) is 4.34. The monoisotopic (exact) mass is 499 g/mol. The first kappa shape index (κ1) is 23.2. The summed E-state index contributed by atoms with van der Waals surface area (Å²) < 4.78 is 11.4. The van der Waals surface area contributed by atoms with Crippen molar-refractivity contribution in [2.75, 3.05) is 13.2 Å². The molecule has 33 heavy (non-hydrogen) atoms. The average Bonchev–Trinajstić information content (AvgIpc) is 3.08. The highest BCUT2D eigenvalue weighted by molar-refractivity contribution is 8.18. The number of hydrogen-bond acceptors (Lipinski definition) is 5. The van der Waals surface area contributed by atoms with Crippen molar-refractivity contribution in [2.45, 2.75) is 6.61 Å². The molecule has 0 spiro atoms. The zero-order valence-electron chi connectivity index (χ0n) is 17.4. The van der Waals surface area contributed by atoms with Crippen molar-refractivity contribution in [1.82, 2.24) is 4.90 Å². The maximum atomic E-state index is 12.7. The molecule has 1 aliphatic heterocycles. The van der Waals surface area contributed by atoms with Crippen LogP contribution in [0.25, 0.3) is 6.08 Å². The molecule has 5 nitrogen and oxygen atoms in total. The first-order valence-electron chi connectivity index (χ1n) is 10.1. The van der Waals surface area contributed by atoms with Gasteiger partial charge in [0.2, 0.25) is 0 Å². The number of amides is 2. The Morgan fingerprint density at radius 3 is 2.27 bits per heavy atom. The van der Waals surface area contributed by atoms with Gasteiger partial charge in [-0.2, -0.15) is 0 Å². The third kappa shape index (κ3) is 5.90. The lowest BCUT2D eigenvalue weighted by atomic mass is 10.2. The largest absolute Gasteiger partial charge is 0.490 e. The van der Waals surface area contributed by atoms with Gasteiger partial charge in [-0.05, 0) is 53.7 Å². The lowest BCUT2D eigenvalue weighted by Gasteiger charge is -2.13. The summed E-state index contributed by atoms with van der Waals surface area (Å²) in [5.74, 6) is 0.849. The van der Waals surface area contributed by atoms with Crippen molar-refractivity contribution < 1.29 is 19.1 Å². The third-order valence-electron chi connectivity index (χ3n) is 4.81. The third-order valence-corrected chi connectivity index (χ3v) is 6.40. The number of thioether (sulfide) groups is 1. The molecule has 0 aromatic heterocycles. The number of rotatable bonds is 8. The number of para-hydroxylation sites is 1. The van der Waals surface area contributed by atoms with E-state index >= 15 is 0 Å². The summed E-state index contributed by atoms with van der Waals surface area (Å²) in [6.07, 6.45) is 1.69. The summed E-state index contributed by atoms with van der Waals surface area (Å²) in [5.41, 5.74) is 1.69. The number of imide groups is 1. The summed E-state index contributed by atoms with van der Waals surface area (Å²) in [7, 11) is 0. The Hall–Kier alpha value is -2.93. The Morgan fingerprint density at radius 1 is 0.848 bits per heavy atom. The molecule has 0 bridgehead atoms. The lowest BCUT2D eigenvalue weighted by molar-refractivity contribution is -0.123. The van der Waals surface area contributed by atoms with Crippen molar-refractivity contribution in [1.29, 1.82) is 0 Å². The van der Waals surface area contributed by atoms with Crippen LogP contribution in [0, 0.1) is 0 Å². The minimum atomic E-state index is -0.341. The zero-order chi connectivity index (χ0) is 23.2. The molecule has 1 saturated heterocycles. The molecule has 4 rings (SSSR count). The van der Waals surface area contributed by atoms with Gasteiger partial charge in [-0.3, -0.25) is 14.5 Å². The van der Waals surface area contributed by atoms with Gasteiger partial charge in [-0.1, -0.05) is 65.7 Å². The molecule has 8 heteroatoms. The van der Waals surface area contributed by atoms with Gasteiger partial charge in [-0.15, -0.1) is 0 Å². The van der Waals surface area contributed by atoms with E-state index in [4.69, 9.17) is 32.7 Å². The van der Waals surface area contributed by atoms with Crippen molar-refractivity contribution in [3.63, 3.8) is 0 Å². The average molecular weight is 500 g/mol. The quantitative estimate of drug-likeness (QED) is 0.323. The van der Waals surface area contributed by atoms with E-state index in [1.807, 2.05) is 48.5 Å². The molecule has 3 aromatic carbocycles. The Morgan fingerprint density at radius 2 is 1.55 bits per heavy atom. The van der Waals surface area contributed by atoms with Crippen LogP contribution in [0.4, 0.5) is 4.79 Å². The van der Waals surface area contributed by atoms with Crippen LogP contribution in [0.5, 0.6) is 11.5 Å². The highest BCUT2D eigenvalue weighted by atomic mass is 35.5. The van der Waals surface area contributed by atoms with Crippen molar-refractivity contribution in [3.05, 3.63) is 98.9 Å². The van der Waals surface area contributed by atoms with E-state index in [9.17, 15) is 9.59 Å². The van der Waals surface area contributed by atoms with E-state index in [-0.39, 0.29) is 24.3 Å². The SMILES string of the molecule is O=C1S/C(=C\c2ccc(OCc3ccccc3Cl)cc2)C(=O)N1CCOc1ccccc1Cl. The van der Waals surface area contributed by atoms with E-state index in [1.165, 1.54) is 4.90 Å². The van der Waals surface area contributed by atoms with Gasteiger partial charge in [0.15, 0.2) is 0 Å². The van der Waals surface area contributed by atoms with Gasteiger partial charge in [0.1, 0.15) is 24.7 Å². The molecule has 0 N–H and O–H groups in total. The summed E-state index contributed by atoms with van der Waals surface area (Å²) >= 11 is 13.1. The van der Waals surface area contributed by atoms with Crippen LogP contribution in [0.3, 0.4) is 0 Å². The van der Waals surface area contributed by atoms with Crippen LogP contribution in [-0.2, 0) is 11.4 Å². The second-order valence-corrected chi connectivity index (χ2v) is 8.87. The van der Waals surface area contributed by atoms with Crippen molar-refractivity contribution >= 4 is 52.2 Å². The molecule has 0 saturated carbocycles. The topological polar surface area (TPSA) is 55.8 Å². The van der Waals surface area contributed by atoms with Crippen LogP contribution < -0.4 is 9.47 Å². The van der Waals surface area contributed by atoms with Gasteiger partial charge in [0.05, 0.1) is 16.5 Å². The molecule has 1 fully saturated rings. The zero-order valence-corrected chi connectivity index (χ0v) is 19.7. The minimum Gasteiger partial charge on any atom is -0.490 e. The molecule has 0 radical (unpaired) electrons. The first-order chi connectivity index (χ1) is 16.0. The highest BCUT2D eigenvalue weighted by Gasteiger charge is 2.34. The Bertz CT molecular complexity index is 1200. The number of halogens is 2. The van der Waals surface area contributed by atoms with Gasteiger partial charge in [-0.25, -0.2) is 0 Å². The fraction of sp³-hybridized carbons (Fsp3) is 0.120. The standard InChI is InChI=1S/C25H19Cl2NO4S/c26-20-6-2-1-5-18(20)16-32-19-11-9-17(10-12-19)15-23-24(29)28(25(30)33-23)13-14-31-22-8-4-3-7-21(22)27/h1-12,15H,13-14,16H2/b23-15-. The first-order valence-corrected chi connectivity index (χ1v) is 11.7. The molecule has 0 aliphatic carbocycles. The normalized spacial score (nSPS) is 14.7. The molecule has 168 valence electrons. The van der Waals surface area contributed by atoms with E-state index in [0.717, 1.165) is 22.9 Å². The number of carbonyl (C=O) groups excluding carboxylic acids is 2. The van der Waals surface area contributed by atoms with Crippen LogP contribution in [0.15, 0.2) is 77.7 Å². The van der Waals surface area contributed by atoms with E-state index in [2.05, 4.69) is 0 Å². The van der Waals surface area contributed by atoms with E-state index in [1.54, 1.807) is 30.3 Å². The second-order valence-electron chi connectivity index (χ2n) is 7.06. The predicted octanol–water partition coefficient (Wildman–Crippen LogP) is 6.69. The maximum absolute atomic E-state index is 12.7. The van der Waals surface area contributed by atoms with Crippen LogP contribution in [0.2, 0.25) is 10.0 Å². The van der Waals surface area contributed by atoms with Gasteiger partial charge in [0.25, 0.3) is 11.1 Å². The lowest BCUT2D eigenvalue weighted by Crippen LogP contribution is -2.32. The Kier molecular flexibility index (Phi) is 7.60. The van der Waals surface area contributed by atoms with Gasteiger partial charge >= 0.3 is 0 Å². The van der Waals surface area contributed by atoms with E-state index < -0.39 is 0 Å². The molecule has 1 aliphatic rings. The summed E-state index contributed by atoms with van der Waals surface area (Å²) in [6, 6.07) is 21.8. The summed E-state index contributed by atoms with van der Waals surface area (Å²) in [6.45, 7) is 0.656. The fourth-order valence-electron chi connectivity index (χ4n) is 3.09. The molecular formula is C25H19Cl2NO4S. The molecule has 0 unspecified atom stereocenters.